The average molecular weight is 470 g/mol. The number of hydrogen-bond acceptors (Lipinski definition) is 3. The molecule has 0 atom stereocenters. The Labute approximate surface area is 189 Å². The van der Waals surface area contributed by atoms with E-state index in [2.05, 4.69) is 51.9 Å². The number of carbonyl (C=O) groups is 1. The Morgan fingerprint density at radius 3 is 1.94 bits per heavy atom. The molecule has 0 saturated heterocycles. The van der Waals surface area contributed by atoms with E-state index >= 15 is 0 Å². The number of carbonyl (C=O) groups excluding carboxylic acids is 1. The Morgan fingerprint density at radius 2 is 1.35 bits per heavy atom. The van der Waals surface area contributed by atoms with Crippen LogP contribution < -0.4 is 0 Å². The minimum Gasteiger partial charge on any atom is -0.437 e. The molecule has 0 fully saturated rings. The van der Waals surface area contributed by atoms with E-state index in [1.807, 2.05) is 54.7 Å². The van der Waals surface area contributed by atoms with E-state index in [4.69, 9.17) is 8.23 Å². The van der Waals surface area contributed by atoms with Gasteiger partial charge >= 0.3 is 8.56 Å². The summed E-state index contributed by atoms with van der Waals surface area (Å²) < 4.78 is 15.1. The van der Waals surface area contributed by atoms with Gasteiger partial charge in [-0.1, -0.05) is 36.4 Å². The molecule has 1 heterocycles. The molecule has 0 bridgehead atoms. The number of aromatic nitrogens is 1. The molecule has 0 spiro atoms. The molecule has 0 unspecified atom stereocenters. The smallest absolute Gasteiger partial charge is 0.314 e. The molecular formula is C24H35NO3Si3. The Hall–Kier alpha value is -1.78. The van der Waals surface area contributed by atoms with E-state index in [1.165, 1.54) is 5.56 Å². The zero-order valence-corrected chi connectivity index (χ0v) is 22.9. The molecule has 31 heavy (non-hydrogen) atoms. The third-order valence-electron chi connectivity index (χ3n) is 4.93. The average Bonchev–Trinajstić information content (AvgIpc) is 3.02. The molecule has 0 aliphatic rings. The molecule has 0 amide bonds. The second-order valence-electron chi connectivity index (χ2n) is 10.3. The summed E-state index contributed by atoms with van der Waals surface area (Å²) in [5, 5.41) is 1.13. The molecule has 0 radical (unpaired) electrons. The van der Waals surface area contributed by atoms with Gasteiger partial charge in [-0.15, -0.1) is 0 Å². The van der Waals surface area contributed by atoms with Crippen molar-refractivity contribution in [2.45, 2.75) is 58.3 Å². The minimum absolute atomic E-state index is 0.000227. The Kier molecular flexibility index (Phi) is 6.93. The quantitative estimate of drug-likeness (QED) is 0.347. The first-order valence-electron chi connectivity index (χ1n) is 11.0. The summed E-state index contributed by atoms with van der Waals surface area (Å²) in [5.41, 5.74) is 2.82. The lowest BCUT2D eigenvalue weighted by Gasteiger charge is -2.38. The highest BCUT2D eigenvalue weighted by atomic mass is 28.5. The summed E-state index contributed by atoms with van der Waals surface area (Å²) in [5.74, 6) is -0.000227. The maximum Gasteiger partial charge on any atom is 0.314 e. The second-order valence-corrected chi connectivity index (χ2v) is 23.1. The largest absolute Gasteiger partial charge is 0.437 e. The van der Waals surface area contributed by atoms with Gasteiger partial charge in [-0.05, 0) is 82.1 Å². The van der Waals surface area contributed by atoms with Gasteiger partial charge in [0, 0.05) is 17.1 Å². The van der Waals surface area contributed by atoms with Crippen molar-refractivity contribution in [3.63, 3.8) is 0 Å². The van der Waals surface area contributed by atoms with Crippen molar-refractivity contribution < 1.29 is 13.0 Å². The first-order chi connectivity index (χ1) is 14.4. The van der Waals surface area contributed by atoms with E-state index < -0.39 is 25.2 Å². The highest BCUT2D eigenvalue weighted by Crippen LogP contribution is 2.29. The van der Waals surface area contributed by atoms with Gasteiger partial charge in [0.1, 0.15) is 0 Å². The van der Waals surface area contributed by atoms with Crippen LogP contribution in [0.15, 0.2) is 60.8 Å². The van der Waals surface area contributed by atoms with Crippen molar-refractivity contribution >= 4 is 42.0 Å². The fraction of sp³-hybridized carbons (Fsp3) is 0.375. The monoisotopic (exact) mass is 469 g/mol. The number of aryl methyl sites for hydroxylation is 1. The second kappa shape index (κ2) is 8.99. The van der Waals surface area contributed by atoms with Crippen molar-refractivity contribution in [1.29, 1.82) is 0 Å². The third-order valence-corrected chi connectivity index (χ3v) is 14.4. The molecule has 0 saturated carbocycles. The van der Waals surface area contributed by atoms with Gasteiger partial charge in [0.25, 0.3) is 5.91 Å². The predicted octanol–water partition coefficient (Wildman–Crippen LogP) is 6.65. The topological polar surface area (TPSA) is 40.5 Å². The Morgan fingerprint density at radius 1 is 0.806 bits per heavy atom. The van der Waals surface area contributed by atoms with Crippen LogP contribution in [-0.4, -0.2) is 35.7 Å². The van der Waals surface area contributed by atoms with E-state index in [0.717, 1.165) is 23.4 Å². The Bertz CT molecular complexity index is 1030. The lowest BCUT2D eigenvalue weighted by Crippen LogP contribution is -2.52. The van der Waals surface area contributed by atoms with Gasteiger partial charge in [-0.3, -0.25) is 9.36 Å². The highest BCUT2D eigenvalue weighted by molar-refractivity contribution is 6.87. The van der Waals surface area contributed by atoms with Crippen molar-refractivity contribution in [2.75, 3.05) is 0 Å². The zero-order chi connectivity index (χ0) is 22.9. The van der Waals surface area contributed by atoms with Gasteiger partial charge < -0.3 is 8.23 Å². The van der Waals surface area contributed by atoms with Crippen LogP contribution in [0.3, 0.4) is 0 Å². The van der Waals surface area contributed by atoms with E-state index in [1.54, 1.807) is 4.57 Å². The van der Waals surface area contributed by atoms with Crippen LogP contribution in [0.5, 0.6) is 0 Å². The molecular weight excluding hydrogens is 435 g/mol. The van der Waals surface area contributed by atoms with Crippen LogP contribution >= 0.6 is 0 Å². The molecule has 7 heteroatoms. The summed E-state index contributed by atoms with van der Waals surface area (Å²) in [6, 6.07) is 18.5. The van der Waals surface area contributed by atoms with Gasteiger partial charge in [-0.25, -0.2) is 0 Å². The third kappa shape index (κ3) is 6.36. The van der Waals surface area contributed by atoms with E-state index in [9.17, 15) is 4.79 Å². The summed E-state index contributed by atoms with van der Waals surface area (Å²) in [7, 11) is -5.83. The molecule has 0 N–H and O–H groups in total. The van der Waals surface area contributed by atoms with E-state index in [-0.39, 0.29) is 5.91 Å². The summed E-state index contributed by atoms with van der Waals surface area (Å²) in [6.07, 6.45) is 2.85. The maximum atomic E-state index is 13.2. The van der Waals surface area contributed by atoms with Gasteiger partial charge in [0.05, 0.1) is 5.52 Å². The first-order valence-corrected chi connectivity index (χ1v) is 20.3. The van der Waals surface area contributed by atoms with Gasteiger partial charge in [0.15, 0.2) is 16.6 Å². The van der Waals surface area contributed by atoms with Crippen molar-refractivity contribution in [1.82, 2.24) is 4.57 Å². The molecule has 0 aliphatic carbocycles. The first kappa shape index (κ1) is 23.9. The van der Waals surface area contributed by atoms with Crippen LogP contribution in [0, 0.1) is 0 Å². The predicted molar refractivity (Wildman–Crippen MR) is 137 cm³/mol. The lowest BCUT2D eigenvalue weighted by atomic mass is 10.1. The fourth-order valence-electron chi connectivity index (χ4n) is 4.12. The van der Waals surface area contributed by atoms with Crippen molar-refractivity contribution in [2.24, 2.45) is 0 Å². The van der Waals surface area contributed by atoms with Crippen LogP contribution in [0.2, 0.25) is 51.9 Å². The van der Waals surface area contributed by atoms with Crippen molar-refractivity contribution in [3.8, 4) is 0 Å². The zero-order valence-electron chi connectivity index (χ0n) is 19.9. The van der Waals surface area contributed by atoms with E-state index in [0.29, 0.717) is 5.56 Å². The normalized spacial score (nSPS) is 13.0. The number of hydrogen-bond donors (Lipinski definition) is 0. The molecule has 166 valence electrons. The standard InChI is InChI=1S/C24H35NO3Si3/c1-29(2,3)27-31(7,28-30(4,5)6)18-17-21-19-25(23-16-12-11-15-22(21)23)24(26)20-13-9-8-10-14-20/h8-16,19H,17-18H2,1-7H3. The summed E-state index contributed by atoms with van der Waals surface area (Å²) >= 11 is 0. The number of fused-ring (bicyclic) bond motifs is 1. The SMILES string of the molecule is C[Si](C)(C)O[Si](C)(CCc1cn(C(=O)c2ccccc2)c2ccccc12)O[Si](C)(C)C. The number of rotatable bonds is 8. The molecule has 2 aromatic carbocycles. The molecule has 1 aromatic heterocycles. The number of nitrogens with zero attached hydrogens (tertiary/aromatic N) is 1. The molecule has 4 nitrogen and oxygen atoms in total. The fourth-order valence-corrected chi connectivity index (χ4v) is 16.6. The highest BCUT2D eigenvalue weighted by Gasteiger charge is 2.40. The minimum atomic E-state index is -2.34. The lowest BCUT2D eigenvalue weighted by molar-refractivity contribution is 0.0965. The Balaban J connectivity index is 1.93. The molecule has 0 aliphatic heterocycles. The number of para-hydroxylation sites is 1. The van der Waals surface area contributed by atoms with Crippen LogP contribution in [0.4, 0.5) is 0 Å². The maximum absolute atomic E-state index is 13.2. The molecule has 3 aromatic rings. The number of benzene rings is 2. The van der Waals surface area contributed by atoms with Crippen LogP contribution in [-0.2, 0) is 14.7 Å². The van der Waals surface area contributed by atoms with Crippen LogP contribution in [0.1, 0.15) is 15.9 Å². The van der Waals surface area contributed by atoms with Crippen LogP contribution in [0.25, 0.3) is 10.9 Å². The summed E-state index contributed by atoms with van der Waals surface area (Å²) in [4.78, 5) is 13.2. The molecule has 3 rings (SSSR count). The van der Waals surface area contributed by atoms with Gasteiger partial charge in [-0.2, -0.15) is 0 Å². The van der Waals surface area contributed by atoms with Gasteiger partial charge in [0.2, 0.25) is 0 Å². The summed E-state index contributed by atoms with van der Waals surface area (Å²) in [6.45, 7) is 15.6. The van der Waals surface area contributed by atoms with Crippen molar-refractivity contribution in [3.05, 3.63) is 71.9 Å².